The van der Waals surface area contributed by atoms with Crippen molar-refractivity contribution in [3.63, 3.8) is 0 Å². The van der Waals surface area contributed by atoms with Crippen molar-refractivity contribution in [3.05, 3.63) is 0 Å². The van der Waals surface area contributed by atoms with E-state index in [1.54, 1.807) is 0 Å². The van der Waals surface area contributed by atoms with Crippen LogP contribution in [0.15, 0.2) is 0 Å². The molecule has 1 aliphatic rings. The summed E-state index contributed by atoms with van der Waals surface area (Å²) in [6.45, 7) is 0. The summed E-state index contributed by atoms with van der Waals surface area (Å²) in [5, 5.41) is 7.86. The SMILES string of the molecule is O=C(O)C1(F)C(F)(F)C(F)(F)C(F)(F)C(F)(F)C1(F)F.[Cu]. The summed E-state index contributed by atoms with van der Waals surface area (Å²) < 4.78 is 140. The van der Waals surface area contributed by atoms with Crippen molar-refractivity contribution in [2.75, 3.05) is 0 Å². The van der Waals surface area contributed by atoms with E-state index in [0.29, 0.717) is 0 Å². The summed E-state index contributed by atoms with van der Waals surface area (Å²) in [5.74, 6) is -40.9. The van der Waals surface area contributed by atoms with Crippen LogP contribution in [0, 0.1) is 0 Å². The molecule has 0 saturated heterocycles. The molecule has 0 aromatic carbocycles. The molecule has 0 bridgehead atoms. The Morgan fingerprint density at radius 3 is 0.952 bits per heavy atom. The number of carboxylic acids is 1. The smallest absolute Gasteiger partial charge is 0.384 e. The summed E-state index contributed by atoms with van der Waals surface area (Å²) in [6, 6.07) is 0. The van der Waals surface area contributed by atoms with E-state index in [-0.39, 0.29) is 17.1 Å². The van der Waals surface area contributed by atoms with Gasteiger partial charge >= 0.3 is 41.3 Å². The predicted molar refractivity (Wildman–Crippen MR) is 36.2 cm³/mol. The number of carboxylic acid groups (broad SMARTS) is 1. The largest absolute Gasteiger partial charge is 0.479 e. The van der Waals surface area contributed by atoms with Gasteiger partial charge in [-0.2, -0.15) is 43.9 Å². The van der Waals surface area contributed by atoms with Crippen molar-refractivity contribution in [2.24, 2.45) is 0 Å². The van der Waals surface area contributed by atoms with Gasteiger partial charge in [0.1, 0.15) is 0 Å². The molecular formula is C7HCuF11O2. The molecule has 0 amide bonds. The van der Waals surface area contributed by atoms with Crippen LogP contribution in [0.3, 0.4) is 0 Å². The Morgan fingerprint density at radius 2 is 0.762 bits per heavy atom. The fraction of sp³-hybridized carbons (Fsp3) is 0.857. The van der Waals surface area contributed by atoms with E-state index in [0.717, 1.165) is 0 Å². The van der Waals surface area contributed by atoms with Gasteiger partial charge in [0.15, 0.2) is 0 Å². The van der Waals surface area contributed by atoms with E-state index in [4.69, 9.17) is 5.11 Å². The van der Waals surface area contributed by atoms with E-state index in [2.05, 4.69) is 0 Å². The minimum absolute atomic E-state index is 0. The maximum Gasteiger partial charge on any atom is 0.384 e. The molecule has 1 radical (unpaired) electrons. The number of halogens is 11. The van der Waals surface area contributed by atoms with Gasteiger partial charge in [0.2, 0.25) is 0 Å². The topological polar surface area (TPSA) is 37.3 Å². The number of aliphatic carboxylic acids is 1. The fourth-order valence-electron chi connectivity index (χ4n) is 1.49. The fourth-order valence-corrected chi connectivity index (χ4v) is 1.49. The number of hydrogen-bond acceptors (Lipinski definition) is 1. The Hall–Kier alpha value is -0.781. The number of carbonyl (C=O) groups is 1. The standard InChI is InChI=1S/C7HF11O2.Cu/c8-2(1(19)20)3(9,10)5(13,14)7(17,18)6(15,16)4(2,11)12;/h(H,19,20);. The average Bonchev–Trinajstić information content (AvgIpc) is 2.24. The van der Waals surface area contributed by atoms with Crippen LogP contribution in [-0.2, 0) is 21.9 Å². The molecular weight excluding hydrogens is 389 g/mol. The van der Waals surface area contributed by atoms with Crippen LogP contribution in [0.4, 0.5) is 48.3 Å². The van der Waals surface area contributed by atoms with Gasteiger partial charge in [0.25, 0.3) is 0 Å². The summed E-state index contributed by atoms with van der Waals surface area (Å²) in [6.07, 6.45) is 0. The maximum absolute atomic E-state index is 13.2. The molecule has 1 rings (SSSR count). The minimum atomic E-state index is -7.39. The zero-order valence-corrected chi connectivity index (χ0v) is 9.76. The quantitative estimate of drug-likeness (QED) is 0.553. The third kappa shape index (κ3) is 1.62. The Kier molecular flexibility index (Phi) is 4.21. The molecule has 0 atom stereocenters. The second-order valence-corrected chi connectivity index (χ2v) is 3.84. The van der Waals surface area contributed by atoms with Gasteiger partial charge in [-0.1, -0.05) is 0 Å². The summed E-state index contributed by atoms with van der Waals surface area (Å²) >= 11 is 0. The number of rotatable bonds is 1. The first-order chi connectivity index (χ1) is 8.44. The van der Waals surface area contributed by atoms with Crippen molar-refractivity contribution >= 4 is 5.97 Å². The van der Waals surface area contributed by atoms with Crippen LogP contribution in [0.2, 0.25) is 0 Å². The third-order valence-electron chi connectivity index (χ3n) is 2.74. The maximum atomic E-state index is 13.2. The molecule has 0 aromatic rings. The third-order valence-corrected chi connectivity index (χ3v) is 2.74. The van der Waals surface area contributed by atoms with Crippen LogP contribution < -0.4 is 0 Å². The minimum Gasteiger partial charge on any atom is -0.479 e. The van der Waals surface area contributed by atoms with Crippen LogP contribution in [-0.4, -0.2) is 46.4 Å². The molecule has 1 N–H and O–H groups in total. The zero-order valence-electron chi connectivity index (χ0n) is 8.81. The van der Waals surface area contributed by atoms with Gasteiger partial charge in [-0.3, -0.25) is 0 Å². The molecule has 0 spiro atoms. The molecule has 1 saturated carbocycles. The van der Waals surface area contributed by atoms with E-state index < -0.39 is 41.3 Å². The Labute approximate surface area is 117 Å². The molecule has 0 aromatic heterocycles. The molecule has 2 nitrogen and oxygen atoms in total. The zero-order chi connectivity index (χ0) is 16.6. The molecule has 21 heavy (non-hydrogen) atoms. The first-order valence-corrected chi connectivity index (χ1v) is 4.26. The average molecular weight is 390 g/mol. The second kappa shape index (κ2) is 4.37. The number of alkyl halides is 11. The normalized spacial score (nSPS) is 30.0. The molecule has 1 fully saturated rings. The Morgan fingerprint density at radius 1 is 0.571 bits per heavy atom. The van der Waals surface area contributed by atoms with Crippen molar-refractivity contribution < 1.29 is 75.3 Å². The second-order valence-electron chi connectivity index (χ2n) is 3.84. The van der Waals surface area contributed by atoms with Crippen LogP contribution in [0.1, 0.15) is 0 Å². The summed E-state index contributed by atoms with van der Waals surface area (Å²) in [7, 11) is 0. The first-order valence-electron chi connectivity index (χ1n) is 4.26. The summed E-state index contributed by atoms with van der Waals surface area (Å²) in [5.41, 5.74) is -6.94. The van der Waals surface area contributed by atoms with Crippen LogP contribution >= 0.6 is 0 Å². The molecule has 1 aliphatic carbocycles. The number of hydrogen-bond donors (Lipinski definition) is 1. The van der Waals surface area contributed by atoms with Gasteiger partial charge < -0.3 is 5.11 Å². The first kappa shape index (κ1) is 20.2. The van der Waals surface area contributed by atoms with E-state index in [1.165, 1.54) is 0 Å². The van der Waals surface area contributed by atoms with Gasteiger partial charge in [0.05, 0.1) is 0 Å². The monoisotopic (exact) mass is 389 g/mol. The van der Waals surface area contributed by atoms with Crippen molar-refractivity contribution in [2.45, 2.75) is 35.3 Å². The predicted octanol–water partition coefficient (Wildman–Crippen LogP) is 2.97. The Bertz CT molecular complexity index is 429. The van der Waals surface area contributed by atoms with Crippen molar-refractivity contribution in [3.8, 4) is 0 Å². The summed E-state index contributed by atoms with van der Waals surface area (Å²) in [4.78, 5) is 10.0. The molecule has 0 heterocycles. The molecule has 0 unspecified atom stereocenters. The van der Waals surface area contributed by atoms with Crippen molar-refractivity contribution in [1.29, 1.82) is 0 Å². The molecule has 0 aliphatic heterocycles. The van der Waals surface area contributed by atoms with Gasteiger partial charge in [-0.25, -0.2) is 9.18 Å². The van der Waals surface area contributed by atoms with E-state index >= 15 is 0 Å². The van der Waals surface area contributed by atoms with Crippen LogP contribution in [0.25, 0.3) is 0 Å². The molecule has 129 valence electrons. The van der Waals surface area contributed by atoms with Crippen LogP contribution in [0.5, 0.6) is 0 Å². The van der Waals surface area contributed by atoms with E-state index in [9.17, 15) is 53.1 Å². The van der Waals surface area contributed by atoms with Gasteiger partial charge in [0, 0.05) is 17.1 Å². The van der Waals surface area contributed by atoms with Gasteiger partial charge in [-0.15, -0.1) is 0 Å². The van der Waals surface area contributed by atoms with E-state index in [1.807, 2.05) is 0 Å². The van der Waals surface area contributed by atoms with Crippen molar-refractivity contribution in [1.82, 2.24) is 0 Å². The molecule has 14 heteroatoms. The Balaban J connectivity index is 0.00000400. The van der Waals surface area contributed by atoms with Gasteiger partial charge in [-0.05, 0) is 0 Å².